The average Bonchev–Trinajstić information content (AvgIpc) is 2.22. The van der Waals surface area contributed by atoms with Gasteiger partial charge in [0.25, 0.3) is 5.91 Å². The van der Waals surface area contributed by atoms with Crippen LogP contribution in [0.25, 0.3) is 0 Å². The Labute approximate surface area is 90.3 Å². The van der Waals surface area contributed by atoms with Crippen molar-refractivity contribution in [3.05, 3.63) is 0 Å². The highest BCUT2D eigenvalue weighted by Gasteiger charge is 2.55. The molecule has 0 N–H and O–H groups in total. The van der Waals surface area contributed by atoms with Gasteiger partial charge in [0.1, 0.15) is 5.54 Å². The molecule has 1 saturated heterocycles. The molecule has 0 saturated carbocycles. The topological polar surface area (TPSA) is 40.6 Å². The summed E-state index contributed by atoms with van der Waals surface area (Å²) in [5.41, 5.74) is -0.890. The standard InChI is InChI=1S/C7H10BrClN2O2/c1-4(2)7(3)5(12)10(9)6(13)11(7)8/h4H,1-3H3. The number of hydrogen-bond donors (Lipinski definition) is 0. The van der Waals surface area contributed by atoms with E-state index in [0.29, 0.717) is 4.42 Å². The third-order valence-corrected chi connectivity index (χ3v) is 3.82. The SMILES string of the molecule is CC(C)C1(C)C(=O)N(Cl)C(=O)N1Br. The van der Waals surface area contributed by atoms with Gasteiger partial charge in [0.05, 0.1) is 16.1 Å². The van der Waals surface area contributed by atoms with Crippen LogP contribution in [-0.4, -0.2) is 25.8 Å². The molecule has 3 amide bonds. The number of carbonyl (C=O) groups excluding carboxylic acids is 2. The van der Waals surface area contributed by atoms with Crippen LogP contribution in [0.1, 0.15) is 20.8 Å². The zero-order valence-corrected chi connectivity index (χ0v) is 9.89. The number of amides is 3. The lowest BCUT2D eigenvalue weighted by Gasteiger charge is -2.29. The Morgan fingerprint density at radius 2 is 1.92 bits per heavy atom. The highest BCUT2D eigenvalue weighted by molar-refractivity contribution is 9.07. The number of urea groups is 1. The number of imide groups is 1. The van der Waals surface area contributed by atoms with Crippen molar-refractivity contribution in [2.24, 2.45) is 5.92 Å². The van der Waals surface area contributed by atoms with E-state index in [9.17, 15) is 9.59 Å². The molecule has 1 aliphatic heterocycles. The van der Waals surface area contributed by atoms with E-state index in [1.54, 1.807) is 6.92 Å². The van der Waals surface area contributed by atoms with Gasteiger partial charge in [-0.05, 0) is 12.8 Å². The van der Waals surface area contributed by atoms with Gasteiger partial charge in [-0.3, -0.25) is 4.79 Å². The van der Waals surface area contributed by atoms with Gasteiger partial charge in [-0.25, -0.2) is 8.72 Å². The molecule has 13 heavy (non-hydrogen) atoms. The lowest BCUT2D eigenvalue weighted by molar-refractivity contribution is -0.130. The number of nitrogens with zero attached hydrogens (tertiary/aromatic N) is 2. The Kier molecular flexibility index (Phi) is 2.60. The molecule has 6 heteroatoms. The molecule has 1 rings (SSSR count). The quantitative estimate of drug-likeness (QED) is 0.540. The zero-order valence-electron chi connectivity index (χ0n) is 7.54. The largest absolute Gasteiger partial charge is 0.352 e. The first-order valence-corrected chi connectivity index (χ1v) is 4.88. The van der Waals surface area contributed by atoms with Crippen LogP contribution in [0.2, 0.25) is 0 Å². The van der Waals surface area contributed by atoms with E-state index in [1.807, 2.05) is 13.8 Å². The molecule has 1 atom stereocenters. The smallest absolute Gasteiger partial charge is 0.270 e. The maximum absolute atomic E-state index is 11.6. The van der Waals surface area contributed by atoms with Crippen molar-refractivity contribution in [3.63, 3.8) is 0 Å². The van der Waals surface area contributed by atoms with Crippen molar-refractivity contribution in [1.29, 1.82) is 0 Å². The van der Waals surface area contributed by atoms with Gasteiger partial charge in [0, 0.05) is 11.8 Å². The fraction of sp³-hybridized carbons (Fsp3) is 0.714. The first kappa shape index (κ1) is 10.8. The summed E-state index contributed by atoms with van der Waals surface area (Å²) < 4.78 is 1.80. The second-order valence-electron chi connectivity index (χ2n) is 3.45. The molecule has 1 fully saturated rings. The number of carbonyl (C=O) groups is 2. The molecule has 0 aliphatic carbocycles. The summed E-state index contributed by atoms with van der Waals surface area (Å²) in [6.07, 6.45) is 0. The van der Waals surface area contributed by atoms with Gasteiger partial charge in [-0.2, -0.15) is 4.42 Å². The van der Waals surface area contributed by atoms with Crippen LogP contribution in [0.15, 0.2) is 0 Å². The number of rotatable bonds is 1. The van der Waals surface area contributed by atoms with Gasteiger partial charge >= 0.3 is 6.03 Å². The predicted octanol–water partition coefficient (Wildman–Crippen LogP) is 2.13. The molecule has 0 aromatic heterocycles. The second kappa shape index (κ2) is 3.13. The van der Waals surface area contributed by atoms with Gasteiger partial charge in [-0.15, -0.1) is 0 Å². The number of halogens is 2. The van der Waals surface area contributed by atoms with Crippen LogP contribution < -0.4 is 0 Å². The molecule has 1 aliphatic rings. The average molecular weight is 270 g/mol. The van der Waals surface area contributed by atoms with Crippen LogP contribution in [0.4, 0.5) is 4.79 Å². The summed E-state index contributed by atoms with van der Waals surface area (Å²) >= 11 is 8.54. The lowest BCUT2D eigenvalue weighted by Crippen LogP contribution is -2.46. The normalized spacial score (nSPS) is 29.4. The van der Waals surface area contributed by atoms with E-state index in [2.05, 4.69) is 16.1 Å². The minimum absolute atomic E-state index is 0.00734. The molecule has 1 heterocycles. The molecule has 0 aromatic rings. The Bertz CT molecular complexity index is 271. The third kappa shape index (κ3) is 1.25. The Balaban J connectivity index is 3.13. The second-order valence-corrected chi connectivity index (χ2v) is 4.50. The summed E-state index contributed by atoms with van der Waals surface area (Å²) in [6.45, 7) is 5.39. The minimum Gasteiger partial charge on any atom is -0.270 e. The summed E-state index contributed by atoms with van der Waals surface area (Å²) in [5.74, 6) is -0.405. The molecular formula is C7H10BrClN2O2. The van der Waals surface area contributed by atoms with Crippen LogP contribution in [0, 0.1) is 5.92 Å². The van der Waals surface area contributed by atoms with E-state index in [1.165, 1.54) is 3.93 Å². The maximum Gasteiger partial charge on any atom is 0.352 e. The van der Waals surface area contributed by atoms with Crippen molar-refractivity contribution in [1.82, 2.24) is 8.34 Å². The van der Waals surface area contributed by atoms with Gasteiger partial charge < -0.3 is 0 Å². The Morgan fingerprint density at radius 1 is 1.46 bits per heavy atom. The first-order chi connectivity index (χ1) is 5.83. The van der Waals surface area contributed by atoms with E-state index in [-0.39, 0.29) is 5.92 Å². The van der Waals surface area contributed by atoms with Crippen LogP contribution in [-0.2, 0) is 4.79 Å². The fourth-order valence-corrected chi connectivity index (χ4v) is 2.18. The lowest BCUT2D eigenvalue weighted by atomic mass is 9.89. The third-order valence-electron chi connectivity index (χ3n) is 2.48. The zero-order chi connectivity index (χ0) is 10.4. The van der Waals surface area contributed by atoms with Gasteiger partial charge in [0.2, 0.25) is 0 Å². The highest BCUT2D eigenvalue weighted by Crippen LogP contribution is 2.37. The van der Waals surface area contributed by atoms with Crippen molar-refractivity contribution in [2.45, 2.75) is 26.3 Å². The predicted molar refractivity (Wildman–Crippen MR) is 52.1 cm³/mol. The molecule has 74 valence electrons. The molecular weight excluding hydrogens is 259 g/mol. The van der Waals surface area contributed by atoms with Gasteiger partial charge in [-0.1, -0.05) is 13.8 Å². The van der Waals surface area contributed by atoms with Crippen LogP contribution in [0.5, 0.6) is 0 Å². The highest BCUT2D eigenvalue weighted by atomic mass is 79.9. The van der Waals surface area contributed by atoms with Crippen molar-refractivity contribution < 1.29 is 9.59 Å². The minimum atomic E-state index is -0.890. The summed E-state index contributed by atoms with van der Waals surface area (Å²) in [7, 11) is 0. The molecule has 4 nitrogen and oxygen atoms in total. The summed E-state index contributed by atoms with van der Waals surface area (Å²) in [5, 5.41) is 0. The van der Waals surface area contributed by atoms with E-state index < -0.39 is 17.5 Å². The molecule has 1 unspecified atom stereocenters. The van der Waals surface area contributed by atoms with E-state index >= 15 is 0 Å². The van der Waals surface area contributed by atoms with Crippen molar-refractivity contribution in [3.8, 4) is 0 Å². The van der Waals surface area contributed by atoms with E-state index in [0.717, 1.165) is 0 Å². The fourth-order valence-electron chi connectivity index (χ4n) is 1.12. The van der Waals surface area contributed by atoms with Crippen LogP contribution in [0.3, 0.4) is 0 Å². The summed E-state index contributed by atoms with van der Waals surface area (Å²) in [4.78, 5) is 22.9. The molecule has 0 spiro atoms. The molecule has 0 bridgehead atoms. The first-order valence-electron chi connectivity index (χ1n) is 3.83. The monoisotopic (exact) mass is 268 g/mol. The number of hydrogen-bond acceptors (Lipinski definition) is 2. The van der Waals surface area contributed by atoms with E-state index in [4.69, 9.17) is 11.8 Å². The van der Waals surface area contributed by atoms with Crippen molar-refractivity contribution in [2.75, 3.05) is 0 Å². The van der Waals surface area contributed by atoms with Crippen LogP contribution >= 0.6 is 27.9 Å². The summed E-state index contributed by atoms with van der Waals surface area (Å²) in [6, 6.07) is -0.539. The molecule has 0 radical (unpaired) electrons. The Hall–Kier alpha value is -0.290. The molecule has 0 aromatic carbocycles. The Morgan fingerprint density at radius 3 is 2.08 bits per heavy atom. The maximum atomic E-state index is 11.6. The van der Waals surface area contributed by atoms with Crippen molar-refractivity contribution >= 4 is 39.9 Å². The van der Waals surface area contributed by atoms with Gasteiger partial charge in [0.15, 0.2) is 0 Å².